The second kappa shape index (κ2) is 7.77. The van der Waals surface area contributed by atoms with Crippen LogP contribution >= 0.6 is 0 Å². The molecule has 0 aromatic carbocycles. The molecule has 0 bridgehead atoms. The maximum absolute atomic E-state index is 12.6. The van der Waals surface area contributed by atoms with Gasteiger partial charge < -0.3 is 15.5 Å². The first-order valence-corrected chi connectivity index (χ1v) is 9.12. The van der Waals surface area contributed by atoms with Crippen molar-refractivity contribution in [1.29, 1.82) is 0 Å². The highest BCUT2D eigenvalue weighted by Crippen LogP contribution is 2.17. The number of aromatic nitrogens is 3. The number of aryl methyl sites for hydroxylation is 2. The standard InChI is InChI=1S/C19H26N6O2/c1-12(9-16-13(2)23-24(4)14(16)3)22-19(27)17-10-15(5-6-20-17)25-8-7-21-18(26)11-25/h5-6,10,12H,7-9,11H2,1-4H3,(H,21,26)(H,22,27). The number of pyridine rings is 1. The molecule has 2 aromatic rings. The molecule has 1 saturated heterocycles. The van der Waals surface area contributed by atoms with E-state index in [1.807, 2.05) is 43.5 Å². The van der Waals surface area contributed by atoms with Crippen molar-refractivity contribution in [2.24, 2.45) is 7.05 Å². The fourth-order valence-corrected chi connectivity index (χ4v) is 3.37. The molecule has 0 saturated carbocycles. The highest BCUT2D eigenvalue weighted by molar-refractivity contribution is 5.93. The predicted octanol–water partition coefficient (Wildman–Crippen LogP) is 0.729. The van der Waals surface area contributed by atoms with E-state index in [9.17, 15) is 9.59 Å². The van der Waals surface area contributed by atoms with Gasteiger partial charge in [0, 0.05) is 43.8 Å². The summed E-state index contributed by atoms with van der Waals surface area (Å²) in [4.78, 5) is 30.4. The molecular weight excluding hydrogens is 344 g/mol. The Morgan fingerprint density at radius 3 is 2.85 bits per heavy atom. The van der Waals surface area contributed by atoms with Crippen molar-refractivity contribution in [1.82, 2.24) is 25.4 Å². The average molecular weight is 370 g/mol. The number of amides is 2. The normalized spacial score (nSPS) is 15.4. The molecule has 0 spiro atoms. The molecule has 8 nitrogen and oxygen atoms in total. The van der Waals surface area contributed by atoms with Crippen LogP contribution in [0.15, 0.2) is 18.3 Å². The number of nitrogens with zero attached hydrogens (tertiary/aromatic N) is 4. The van der Waals surface area contributed by atoms with E-state index in [-0.39, 0.29) is 17.9 Å². The lowest BCUT2D eigenvalue weighted by atomic mass is 10.1. The summed E-state index contributed by atoms with van der Waals surface area (Å²) in [5, 5.41) is 10.2. The van der Waals surface area contributed by atoms with E-state index in [1.54, 1.807) is 12.3 Å². The number of carbonyl (C=O) groups excluding carboxylic acids is 2. The van der Waals surface area contributed by atoms with Crippen molar-refractivity contribution in [2.45, 2.75) is 33.2 Å². The second-order valence-electron chi connectivity index (χ2n) is 7.02. The van der Waals surface area contributed by atoms with Gasteiger partial charge in [-0.3, -0.25) is 19.3 Å². The van der Waals surface area contributed by atoms with E-state index in [4.69, 9.17) is 0 Å². The third kappa shape index (κ3) is 4.27. The minimum absolute atomic E-state index is 0.0140. The van der Waals surface area contributed by atoms with Crippen molar-refractivity contribution in [3.8, 4) is 0 Å². The predicted molar refractivity (Wildman–Crippen MR) is 103 cm³/mol. The van der Waals surface area contributed by atoms with Gasteiger partial charge in [-0.1, -0.05) is 0 Å². The number of hydrogen-bond donors (Lipinski definition) is 2. The Balaban J connectivity index is 1.67. The molecule has 8 heteroatoms. The first-order chi connectivity index (χ1) is 12.8. The minimum Gasteiger partial charge on any atom is -0.360 e. The van der Waals surface area contributed by atoms with Crippen LogP contribution in [0.5, 0.6) is 0 Å². The Hall–Kier alpha value is -2.90. The highest BCUT2D eigenvalue weighted by atomic mass is 16.2. The molecule has 2 aromatic heterocycles. The van der Waals surface area contributed by atoms with E-state index >= 15 is 0 Å². The molecule has 0 radical (unpaired) electrons. The number of hydrogen-bond acceptors (Lipinski definition) is 5. The van der Waals surface area contributed by atoms with Crippen molar-refractivity contribution >= 4 is 17.5 Å². The summed E-state index contributed by atoms with van der Waals surface area (Å²) in [5.41, 5.74) is 4.43. The fourth-order valence-electron chi connectivity index (χ4n) is 3.37. The quantitative estimate of drug-likeness (QED) is 0.810. The molecule has 1 fully saturated rings. The van der Waals surface area contributed by atoms with Crippen molar-refractivity contribution in [3.05, 3.63) is 41.0 Å². The zero-order valence-corrected chi connectivity index (χ0v) is 16.2. The average Bonchev–Trinajstić information content (AvgIpc) is 2.88. The zero-order chi connectivity index (χ0) is 19.6. The SMILES string of the molecule is Cc1nn(C)c(C)c1CC(C)NC(=O)c1cc(N2CCNC(=O)C2)ccn1. The van der Waals surface area contributed by atoms with Gasteiger partial charge in [0.25, 0.3) is 5.91 Å². The minimum atomic E-state index is -0.218. The monoisotopic (exact) mass is 370 g/mol. The number of anilines is 1. The van der Waals surface area contributed by atoms with Crippen molar-refractivity contribution < 1.29 is 9.59 Å². The lowest BCUT2D eigenvalue weighted by molar-refractivity contribution is -0.120. The van der Waals surface area contributed by atoms with E-state index in [2.05, 4.69) is 20.7 Å². The first kappa shape index (κ1) is 18.9. The van der Waals surface area contributed by atoms with Gasteiger partial charge in [-0.25, -0.2) is 0 Å². The van der Waals surface area contributed by atoms with E-state index in [0.717, 1.165) is 22.6 Å². The molecule has 144 valence electrons. The van der Waals surface area contributed by atoms with Gasteiger partial charge in [-0.2, -0.15) is 5.10 Å². The Kier molecular flexibility index (Phi) is 5.43. The van der Waals surface area contributed by atoms with Crippen LogP contribution in [-0.4, -0.2) is 52.3 Å². The molecule has 3 rings (SSSR count). The van der Waals surface area contributed by atoms with Crippen LogP contribution in [0, 0.1) is 13.8 Å². The third-order valence-corrected chi connectivity index (χ3v) is 4.93. The topological polar surface area (TPSA) is 92.2 Å². The second-order valence-corrected chi connectivity index (χ2v) is 7.02. The van der Waals surface area contributed by atoms with E-state index in [0.29, 0.717) is 31.7 Å². The summed E-state index contributed by atoms with van der Waals surface area (Å²) in [6, 6.07) is 3.51. The molecule has 1 aliphatic heterocycles. The van der Waals surface area contributed by atoms with Gasteiger partial charge in [0.15, 0.2) is 0 Å². The number of carbonyl (C=O) groups is 2. The van der Waals surface area contributed by atoms with Gasteiger partial charge in [-0.15, -0.1) is 0 Å². The van der Waals surface area contributed by atoms with Crippen LogP contribution < -0.4 is 15.5 Å². The summed E-state index contributed by atoms with van der Waals surface area (Å²) in [7, 11) is 1.92. The lowest BCUT2D eigenvalue weighted by Gasteiger charge is -2.28. The molecule has 27 heavy (non-hydrogen) atoms. The smallest absolute Gasteiger partial charge is 0.270 e. The molecule has 1 atom stereocenters. The van der Waals surface area contributed by atoms with Crippen LogP contribution in [0.3, 0.4) is 0 Å². The first-order valence-electron chi connectivity index (χ1n) is 9.12. The molecular formula is C19H26N6O2. The van der Waals surface area contributed by atoms with Crippen molar-refractivity contribution in [2.75, 3.05) is 24.5 Å². The zero-order valence-electron chi connectivity index (χ0n) is 16.2. The van der Waals surface area contributed by atoms with Crippen LogP contribution in [0.2, 0.25) is 0 Å². The Bertz CT molecular complexity index is 860. The maximum Gasteiger partial charge on any atom is 0.270 e. The van der Waals surface area contributed by atoms with E-state index in [1.165, 1.54) is 0 Å². The van der Waals surface area contributed by atoms with Gasteiger partial charge in [-0.05, 0) is 44.9 Å². The molecule has 0 aliphatic carbocycles. The van der Waals surface area contributed by atoms with Gasteiger partial charge in [0.05, 0.1) is 12.2 Å². The molecule has 1 unspecified atom stereocenters. The molecule has 3 heterocycles. The van der Waals surface area contributed by atoms with Crippen LogP contribution in [0.25, 0.3) is 0 Å². The van der Waals surface area contributed by atoms with Gasteiger partial charge in [0.2, 0.25) is 5.91 Å². The maximum atomic E-state index is 12.6. The van der Waals surface area contributed by atoms with Gasteiger partial charge in [0.1, 0.15) is 5.69 Å². The molecule has 1 aliphatic rings. The molecule has 2 amide bonds. The molecule has 2 N–H and O–H groups in total. The van der Waals surface area contributed by atoms with E-state index < -0.39 is 0 Å². The number of nitrogens with one attached hydrogen (secondary N) is 2. The van der Waals surface area contributed by atoms with Crippen LogP contribution in [-0.2, 0) is 18.3 Å². The summed E-state index contributed by atoms with van der Waals surface area (Å²) in [6.45, 7) is 7.60. The summed E-state index contributed by atoms with van der Waals surface area (Å²) in [5.74, 6) is -0.232. The van der Waals surface area contributed by atoms with Crippen LogP contribution in [0.1, 0.15) is 34.4 Å². The Morgan fingerprint density at radius 1 is 1.41 bits per heavy atom. The Labute approximate surface area is 159 Å². The number of piperazine rings is 1. The number of rotatable bonds is 5. The van der Waals surface area contributed by atoms with Crippen LogP contribution in [0.4, 0.5) is 5.69 Å². The summed E-state index contributed by atoms with van der Waals surface area (Å²) >= 11 is 0. The lowest BCUT2D eigenvalue weighted by Crippen LogP contribution is -2.47. The highest BCUT2D eigenvalue weighted by Gasteiger charge is 2.19. The third-order valence-electron chi connectivity index (χ3n) is 4.93. The largest absolute Gasteiger partial charge is 0.360 e. The summed E-state index contributed by atoms with van der Waals surface area (Å²) in [6.07, 6.45) is 2.32. The Morgan fingerprint density at radius 2 is 2.19 bits per heavy atom. The fraction of sp³-hybridized carbons (Fsp3) is 0.474. The van der Waals surface area contributed by atoms with Gasteiger partial charge >= 0.3 is 0 Å². The van der Waals surface area contributed by atoms with Crippen molar-refractivity contribution in [3.63, 3.8) is 0 Å². The summed E-state index contributed by atoms with van der Waals surface area (Å²) < 4.78 is 1.86.